The summed E-state index contributed by atoms with van der Waals surface area (Å²) in [5.41, 5.74) is 1.90. The van der Waals surface area contributed by atoms with E-state index < -0.39 is 17.1 Å². The zero-order chi connectivity index (χ0) is 29.4. The third-order valence-corrected chi connectivity index (χ3v) is 8.01. The number of hydrogen-bond donors (Lipinski definition) is 3. The van der Waals surface area contributed by atoms with Crippen LogP contribution < -0.4 is 16.0 Å². The third kappa shape index (κ3) is 5.29. The zero-order valence-electron chi connectivity index (χ0n) is 23.5. The van der Waals surface area contributed by atoms with Gasteiger partial charge in [0.1, 0.15) is 22.6 Å². The summed E-state index contributed by atoms with van der Waals surface area (Å²) < 4.78 is 15.2. The molecular weight excluding hydrogens is 537 g/mol. The first-order valence-corrected chi connectivity index (χ1v) is 14.1. The Morgan fingerprint density at radius 2 is 1.48 bits per heavy atom. The molecule has 2 aliphatic rings. The van der Waals surface area contributed by atoms with Gasteiger partial charge in [0, 0.05) is 48.8 Å². The van der Waals surface area contributed by atoms with Gasteiger partial charge >= 0.3 is 0 Å². The SMILES string of the molecule is CN(C)C(=O)c1cc2cnc(Nc3ccc(NC(=O)C4(C(=O)Nc5ccc(F)cc5)CC4)cc3)nc2n1C1CCCC1. The van der Waals surface area contributed by atoms with Crippen LogP contribution in [-0.4, -0.2) is 51.3 Å². The van der Waals surface area contributed by atoms with E-state index in [1.165, 1.54) is 24.3 Å². The smallest absolute Gasteiger partial charge is 0.270 e. The number of amides is 3. The van der Waals surface area contributed by atoms with E-state index in [4.69, 9.17) is 4.98 Å². The van der Waals surface area contributed by atoms with E-state index in [-0.39, 0.29) is 17.9 Å². The highest BCUT2D eigenvalue weighted by molar-refractivity contribution is 6.17. The average molecular weight is 570 g/mol. The second-order valence-corrected chi connectivity index (χ2v) is 11.2. The van der Waals surface area contributed by atoms with Crippen LogP contribution in [0.5, 0.6) is 0 Å². The number of fused-ring (bicyclic) bond motifs is 1. The number of nitrogens with one attached hydrogen (secondary N) is 3. The monoisotopic (exact) mass is 569 g/mol. The summed E-state index contributed by atoms with van der Waals surface area (Å²) in [6.07, 6.45) is 6.87. The van der Waals surface area contributed by atoms with Crippen molar-refractivity contribution in [1.29, 1.82) is 0 Å². The molecule has 0 unspecified atom stereocenters. The highest BCUT2D eigenvalue weighted by Gasteiger charge is 2.56. The standard InChI is InChI=1S/C31H32FN7O3/c1-38(2)27(40)25-17-19-18-33-30(37-26(19)39(25)24-5-3-4-6-24)36-23-13-11-22(12-14-23)35-29(42)31(15-16-31)28(41)34-21-9-7-20(32)8-10-21/h7-14,17-18,24H,3-6,15-16H2,1-2H3,(H,34,41)(H,35,42)(H,33,36,37). The van der Waals surface area contributed by atoms with Gasteiger partial charge in [-0.3, -0.25) is 14.4 Å². The van der Waals surface area contributed by atoms with Crippen molar-refractivity contribution in [1.82, 2.24) is 19.4 Å². The molecule has 216 valence electrons. The number of aromatic nitrogens is 3. The molecule has 2 heterocycles. The van der Waals surface area contributed by atoms with Crippen LogP contribution in [0.4, 0.5) is 27.4 Å². The number of halogens is 1. The average Bonchev–Trinajstić information content (AvgIpc) is 3.47. The molecule has 0 spiro atoms. The van der Waals surface area contributed by atoms with E-state index in [1.807, 2.05) is 6.07 Å². The predicted molar refractivity (Wildman–Crippen MR) is 158 cm³/mol. The van der Waals surface area contributed by atoms with Gasteiger partial charge < -0.3 is 25.4 Å². The van der Waals surface area contributed by atoms with Crippen molar-refractivity contribution >= 4 is 51.8 Å². The number of carbonyl (C=O) groups excluding carboxylic acids is 3. The van der Waals surface area contributed by atoms with E-state index in [2.05, 4.69) is 25.5 Å². The number of rotatable bonds is 8. The summed E-state index contributed by atoms with van der Waals surface area (Å²) in [5.74, 6) is -0.855. The molecule has 0 atom stereocenters. The minimum absolute atomic E-state index is 0.0621. The summed E-state index contributed by atoms with van der Waals surface area (Å²) in [4.78, 5) is 49.6. The number of hydrogen-bond acceptors (Lipinski definition) is 6. The maximum Gasteiger partial charge on any atom is 0.270 e. The van der Waals surface area contributed by atoms with Crippen molar-refractivity contribution in [3.05, 3.63) is 72.3 Å². The lowest BCUT2D eigenvalue weighted by atomic mass is 10.0. The van der Waals surface area contributed by atoms with Gasteiger partial charge in [-0.25, -0.2) is 9.37 Å². The Balaban J connectivity index is 1.15. The van der Waals surface area contributed by atoms with Crippen LogP contribution in [0.2, 0.25) is 0 Å². The largest absolute Gasteiger partial charge is 0.343 e. The summed E-state index contributed by atoms with van der Waals surface area (Å²) in [6, 6.07) is 14.6. The zero-order valence-corrected chi connectivity index (χ0v) is 23.5. The van der Waals surface area contributed by atoms with E-state index in [1.54, 1.807) is 49.5 Å². The lowest BCUT2D eigenvalue weighted by Crippen LogP contribution is -2.35. The molecule has 0 saturated heterocycles. The minimum Gasteiger partial charge on any atom is -0.343 e. The maximum atomic E-state index is 13.2. The lowest BCUT2D eigenvalue weighted by molar-refractivity contribution is -0.131. The van der Waals surface area contributed by atoms with Crippen LogP contribution in [0.1, 0.15) is 55.1 Å². The first kappa shape index (κ1) is 27.4. The summed E-state index contributed by atoms with van der Waals surface area (Å²) in [6.45, 7) is 0. The summed E-state index contributed by atoms with van der Waals surface area (Å²) in [5, 5.41) is 9.57. The van der Waals surface area contributed by atoms with Gasteiger partial charge in [0.2, 0.25) is 17.8 Å². The summed E-state index contributed by atoms with van der Waals surface area (Å²) in [7, 11) is 3.49. The molecule has 42 heavy (non-hydrogen) atoms. The molecule has 11 heteroatoms. The topological polar surface area (TPSA) is 121 Å². The van der Waals surface area contributed by atoms with E-state index in [0.717, 1.165) is 36.7 Å². The Hall–Kier alpha value is -4.80. The summed E-state index contributed by atoms with van der Waals surface area (Å²) >= 11 is 0. The van der Waals surface area contributed by atoms with Crippen LogP contribution >= 0.6 is 0 Å². The molecule has 3 amide bonds. The van der Waals surface area contributed by atoms with Crippen molar-refractivity contribution in [2.24, 2.45) is 5.41 Å². The van der Waals surface area contributed by atoms with Gasteiger partial charge in [-0.2, -0.15) is 4.98 Å². The Bertz CT molecular complexity index is 1650. The molecule has 2 saturated carbocycles. The first-order valence-electron chi connectivity index (χ1n) is 14.1. The van der Waals surface area contributed by atoms with Crippen LogP contribution in [0.15, 0.2) is 60.8 Å². The van der Waals surface area contributed by atoms with Gasteiger partial charge in [-0.15, -0.1) is 0 Å². The van der Waals surface area contributed by atoms with E-state index in [9.17, 15) is 18.8 Å². The molecule has 3 N–H and O–H groups in total. The lowest BCUT2D eigenvalue weighted by Gasteiger charge is -2.19. The number of nitrogens with zero attached hydrogens (tertiary/aromatic N) is 4. The van der Waals surface area contributed by atoms with Gasteiger partial charge in [-0.1, -0.05) is 12.8 Å². The molecule has 2 aliphatic carbocycles. The molecule has 0 radical (unpaired) electrons. The molecular formula is C31H32FN7O3. The van der Waals surface area contributed by atoms with Gasteiger partial charge in [0.25, 0.3) is 5.91 Å². The molecule has 10 nitrogen and oxygen atoms in total. The number of benzene rings is 2. The van der Waals surface area contributed by atoms with E-state index in [0.29, 0.717) is 41.5 Å². The van der Waals surface area contributed by atoms with Crippen molar-refractivity contribution in [3.8, 4) is 0 Å². The molecule has 2 aromatic carbocycles. The number of carbonyl (C=O) groups is 3. The highest BCUT2D eigenvalue weighted by atomic mass is 19.1. The molecule has 2 aromatic heterocycles. The fourth-order valence-electron chi connectivity index (χ4n) is 5.48. The van der Waals surface area contributed by atoms with Crippen LogP contribution in [0.25, 0.3) is 11.0 Å². The highest BCUT2D eigenvalue weighted by Crippen LogP contribution is 2.47. The van der Waals surface area contributed by atoms with E-state index >= 15 is 0 Å². The Kier molecular flexibility index (Phi) is 7.09. The Morgan fingerprint density at radius 1 is 0.905 bits per heavy atom. The molecule has 6 rings (SSSR count). The third-order valence-electron chi connectivity index (χ3n) is 8.01. The first-order chi connectivity index (χ1) is 20.2. The van der Waals surface area contributed by atoms with Gasteiger partial charge in [0.05, 0.1) is 0 Å². The van der Waals surface area contributed by atoms with Crippen molar-refractivity contribution in [2.45, 2.75) is 44.6 Å². The number of anilines is 4. The van der Waals surface area contributed by atoms with Crippen LogP contribution in [-0.2, 0) is 9.59 Å². The minimum atomic E-state index is -1.14. The molecule has 4 aromatic rings. The van der Waals surface area contributed by atoms with Gasteiger partial charge in [0.15, 0.2) is 0 Å². The Labute approximate surface area is 242 Å². The predicted octanol–water partition coefficient (Wildman–Crippen LogP) is 5.49. The molecule has 0 bridgehead atoms. The second kappa shape index (κ2) is 10.9. The second-order valence-electron chi connectivity index (χ2n) is 11.2. The van der Waals surface area contributed by atoms with Gasteiger partial charge in [-0.05, 0) is 80.3 Å². The fourth-order valence-corrected chi connectivity index (χ4v) is 5.48. The van der Waals surface area contributed by atoms with Crippen molar-refractivity contribution in [2.75, 3.05) is 30.0 Å². The fraction of sp³-hybridized carbons (Fsp3) is 0.323. The van der Waals surface area contributed by atoms with Crippen LogP contribution in [0, 0.1) is 11.2 Å². The van der Waals surface area contributed by atoms with Crippen LogP contribution in [0.3, 0.4) is 0 Å². The van der Waals surface area contributed by atoms with Crippen molar-refractivity contribution in [3.63, 3.8) is 0 Å². The maximum absolute atomic E-state index is 13.2. The Morgan fingerprint density at radius 3 is 2.05 bits per heavy atom. The molecule has 2 fully saturated rings. The normalized spacial score (nSPS) is 15.8. The molecule has 0 aliphatic heterocycles. The quantitative estimate of drug-likeness (QED) is 0.241. The van der Waals surface area contributed by atoms with Crippen molar-refractivity contribution < 1.29 is 18.8 Å².